The number of ether oxygens (including phenoxy) is 1. The number of rotatable bonds is 6. The Bertz CT molecular complexity index is 1430. The molecule has 4 rings (SSSR count). The number of aryl methyl sites for hydroxylation is 3. The molecule has 1 aromatic heterocycles. The normalized spacial score (nSPS) is 16.5. The number of hydrogen-bond acceptors (Lipinski definition) is 4. The van der Waals surface area contributed by atoms with Crippen LogP contribution in [0.15, 0.2) is 52.0 Å². The first-order valence-electron chi connectivity index (χ1n) is 14.7. The number of benzene rings is 1. The van der Waals surface area contributed by atoms with Crippen LogP contribution in [-0.2, 0) is 29.1 Å². The number of piperidine rings is 1. The molecule has 1 saturated heterocycles. The van der Waals surface area contributed by atoms with Gasteiger partial charge in [0.25, 0.3) is 5.56 Å². The maximum atomic E-state index is 13.0. The van der Waals surface area contributed by atoms with Gasteiger partial charge in [0.1, 0.15) is 5.75 Å². The van der Waals surface area contributed by atoms with E-state index in [1.807, 2.05) is 35.8 Å². The molecule has 0 spiro atoms. The zero-order chi connectivity index (χ0) is 30.1. The van der Waals surface area contributed by atoms with Gasteiger partial charge in [0.15, 0.2) is 0 Å². The number of hydrogen-bond donors (Lipinski definition) is 0. The van der Waals surface area contributed by atoms with Crippen molar-refractivity contribution >= 4 is 22.6 Å². The molecule has 1 fully saturated rings. The largest absolute Gasteiger partial charge is 0.496 e. The van der Waals surface area contributed by atoms with E-state index in [1.165, 1.54) is 21.6 Å². The summed E-state index contributed by atoms with van der Waals surface area (Å²) in [6.07, 6.45) is 8.83. The van der Waals surface area contributed by atoms with E-state index in [9.17, 15) is 9.59 Å². The average Bonchev–Trinajstić information content (AvgIpc) is 2.92. The Balaban J connectivity index is 1.43. The lowest BCUT2D eigenvalue weighted by atomic mass is 9.78. The van der Waals surface area contributed by atoms with Gasteiger partial charge in [-0.25, -0.2) is 0 Å². The molecule has 1 aromatic carbocycles. The fourth-order valence-electron chi connectivity index (χ4n) is 5.79. The lowest BCUT2D eigenvalue weighted by Crippen LogP contribution is -2.39. The molecular formula is C35H46N2O3S. The summed E-state index contributed by atoms with van der Waals surface area (Å²) in [5, 5.41) is 0. The molecule has 0 radical (unpaired) electrons. The van der Waals surface area contributed by atoms with Gasteiger partial charge in [-0.1, -0.05) is 53.3 Å². The summed E-state index contributed by atoms with van der Waals surface area (Å²) in [7, 11) is 3.54. The number of carbonyl (C=O) groups excluding carboxylic acids is 1. The van der Waals surface area contributed by atoms with Crippen molar-refractivity contribution < 1.29 is 9.53 Å². The number of allylic oxidation sites excluding steroid dienone is 3. The minimum atomic E-state index is -0.0603. The molecule has 6 heteroatoms. The van der Waals surface area contributed by atoms with E-state index in [4.69, 9.17) is 4.74 Å². The van der Waals surface area contributed by atoms with Gasteiger partial charge in [-0.2, -0.15) is 0 Å². The molecule has 0 saturated carbocycles. The Kier molecular flexibility index (Phi) is 9.16. The quantitative estimate of drug-likeness (QED) is 0.340. The molecular weight excluding hydrogens is 528 g/mol. The van der Waals surface area contributed by atoms with Crippen LogP contribution in [0.3, 0.4) is 0 Å². The summed E-state index contributed by atoms with van der Waals surface area (Å²) in [5.41, 5.74) is 8.74. The second-order valence-electron chi connectivity index (χ2n) is 13.5. The molecule has 2 aliphatic heterocycles. The summed E-state index contributed by atoms with van der Waals surface area (Å²) in [4.78, 5) is 29.9. The molecule has 0 aliphatic carbocycles. The van der Waals surface area contributed by atoms with Crippen molar-refractivity contribution in [2.75, 3.05) is 20.2 Å². The van der Waals surface area contributed by atoms with Crippen LogP contribution in [-0.4, -0.2) is 35.6 Å². The van der Waals surface area contributed by atoms with Crippen molar-refractivity contribution in [3.05, 3.63) is 85.4 Å². The standard InChI is InChI=1S/C35H46N2O3S/c1-23-19-25(33(39)36(8)22-23)13-14-31(38)37-17-15-24(16-18-37)29-11-10-12-30(41-29)26-20-27(34(2,3)4)32(40-9)28(21-26)35(5,6)7/h10-11,19-22,24H,13-18H2,1-9H3. The van der Waals surface area contributed by atoms with Crippen molar-refractivity contribution in [3.8, 4) is 5.75 Å². The molecule has 1 amide bonds. The van der Waals surface area contributed by atoms with Gasteiger partial charge >= 0.3 is 0 Å². The predicted molar refractivity (Wildman–Crippen MR) is 172 cm³/mol. The number of aromatic nitrogens is 1. The Hall–Kier alpha value is -2.95. The number of nitrogens with zero attached hydrogens (tertiary/aromatic N) is 2. The second-order valence-corrected chi connectivity index (χ2v) is 14.6. The molecule has 5 nitrogen and oxygen atoms in total. The van der Waals surface area contributed by atoms with E-state index in [-0.39, 0.29) is 22.3 Å². The number of thioether (sulfide) groups is 1. The van der Waals surface area contributed by atoms with Gasteiger partial charge in [0, 0.05) is 49.4 Å². The first kappa shape index (κ1) is 31.0. The smallest absolute Gasteiger partial charge is 0.253 e. The third-order valence-corrected chi connectivity index (χ3v) is 9.37. The lowest BCUT2D eigenvalue weighted by Gasteiger charge is -2.34. The van der Waals surface area contributed by atoms with Gasteiger partial charge in [-0.3, -0.25) is 9.59 Å². The Morgan fingerprint density at radius 2 is 1.66 bits per heavy atom. The van der Waals surface area contributed by atoms with Crippen LogP contribution >= 0.6 is 11.8 Å². The number of carbonyl (C=O) groups is 1. The van der Waals surface area contributed by atoms with Gasteiger partial charge in [0.05, 0.1) is 12.0 Å². The monoisotopic (exact) mass is 574 g/mol. The molecule has 0 atom stereocenters. The highest BCUT2D eigenvalue weighted by Crippen LogP contribution is 2.46. The molecule has 41 heavy (non-hydrogen) atoms. The van der Waals surface area contributed by atoms with Crippen LogP contribution in [0.4, 0.5) is 0 Å². The highest BCUT2D eigenvalue weighted by Gasteiger charge is 2.30. The third kappa shape index (κ3) is 7.10. The fraction of sp³-hybridized carbons (Fsp3) is 0.514. The minimum absolute atomic E-state index is 0.0126. The van der Waals surface area contributed by atoms with E-state index in [2.05, 4.69) is 71.6 Å². The Labute approximate surface area is 250 Å². The highest BCUT2D eigenvalue weighted by molar-refractivity contribution is 8.11. The number of methoxy groups -OCH3 is 1. The van der Waals surface area contributed by atoms with E-state index >= 15 is 0 Å². The highest BCUT2D eigenvalue weighted by atomic mass is 32.2. The van der Waals surface area contributed by atoms with Crippen LogP contribution in [0.5, 0.6) is 5.75 Å². The maximum absolute atomic E-state index is 13.0. The van der Waals surface area contributed by atoms with Crippen molar-refractivity contribution in [2.24, 2.45) is 13.0 Å². The van der Waals surface area contributed by atoms with Crippen LogP contribution in [0, 0.1) is 12.8 Å². The van der Waals surface area contributed by atoms with Gasteiger partial charge in [-0.05, 0) is 89.3 Å². The topological polar surface area (TPSA) is 51.5 Å². The minimum Gasteiger partial charge on any atom is -0.496 e. The van der Waals surface area contributed by atoms with Crippen LogP contribution in [0.25, 0.3) is 4.91 Å². The van der Waals surface area contributed by atoms with E-state index < -0.39 is 0 Å². The van der Waals surface area contributed by atoms with Gasteiger partial charge < -0.3 is 14.2 Å². The Morgan fingerprint density at radius 1 is 1.05 bits per heavy atom. The SMILES string of the molecule is COc1c(C(C)(C)C)cc(C2=C=CC=C(C3CCN(C(=O)CCc4cc(C)cn(C)c4=O)CC3)S2)cc1C(C)(C)C. The third-order valence-electron chi connectivity index (χ3n) is 8.11. The molecule has 0 unspecified atom stereocenters. The first-order chi connectivity index (χ1) is 19.2. The molecule has 2 aliphatic rings. The summed E-state index contributed by atoms with van der Waals surface area (Å²) in [5.74, 6) is 1.54. The fourth-order valence-corrected chi connectivity index (χ4v) is 6.93. The summed E-state index contributed by atoms with van der Waals surface area (Å²) in [6.45, 7) is 16.9. The van der Waals surface area contributed by atoms with Crippen molar-refractivity contribution in [1.82, 2.24) is 9.47 Å². The van der Waals surface area contributed by atoms with Gasteiger partial charge in [0.2, 0.25) is 5.91 Å². The second kappa shape index (κ2) is 12.1. The number of likely N-dealkylation sites (tertiary alicyclic amines) is 1. The van der Waals surface area contributed by atoms with Gasteiger partial charge in [-0.15, -0.1) is 5.73 Å². The first-order valence-corrected chi connectivity index (χ1v) is 15.5. The molecule has 3 heterocycles. The molecule has 0 N–H and O–H groups in total. The molecule has 220 valence electrons. The summed E-state index contributed by atoms with van der Waals surface area (Å²) >= 11 is 1.82. The average molecular weight is 575 g/mol. The van der Waals surface area contributed by atoms with E-state index in [1.54, 1.807) is 18.7 Å². The van der Waals surface area contributed by atoms with Crippen LogP contribution in [0.1, 0.15) is 88.6 Å². The zero-order valence-electron chi connectivity index (χ0n) is 26.3. The van der Waals surface area contributed by atoms with E-state index in [0.717, 1.165) is 42.1 Å². The Morgan fingerprint density at radius 3 is 2.22 bits per heavy atom. The van der Waals surface area contributed by atoms with Crippen LogP contribution in [0.2, 0.25) is 0 Å². The zero-order valence-corrected chi connectivity index (χ0v) is 27.1. The molecule has 2 aromatic rings. The lowest BCUT2D eigenvalue weighted by molar-refractivity contribution is -0.132. The van der Waals surface area contributed by atoms with Crippen LogP contribution < -0.4 is 10.3 Å². The molecule has 0 bridgehead atoms. The summed E-state index contributed by atoms with van der Waals surface area (Å²) in [6, 6.07) is 6.47. The van der Waals surface area contributed by atoms with Crippen molar-refractivity contribution in [1.29, 1.82) is 0 Å². The number of amides is 1. The summed E-state index contributed by atoms with van der Waals surface area (Å²) < 4.78 is 7.58. The van der Waals surface area contributed by atoms with Crippen molar-refractivity contribution in [2.45, 2.75) is 85.0 Å². The maximum Gasteiger partial charge on any atom is 0.253 e. The predicted octanol–water partition coefficient (Wildman–Crippen LogP) is 7.30. The van der Waals surface area contributed by atoms with E-state index in [0.29, 0.717) is 24.3 Å². The number of pyridine rings is 1. The van der Waals surface area contributed by atoms with Crippen molar-refractivity contribution in [3.63, 3.8) is 0 Å².